The molecule has 2 aromatic rings. The summed E-state index contributed by atoms with van der Waals surface area (Å²) in [7, 11) is 1.71. The molecule has 11 nitrogen and oxygen atoms in total. The van der Waals surface area contributed by atoms with Crippen LogP contribution in [0, 0.1) is 0 Å². The number of aromatic nitrogens is 2. The number of imidazole rings is 1. The third-order valence-corrected chi connectivity index (χ3v) is 6.15. The molecule has 1 aromatic heterocycles. The van der Waals surface area contributed by atoms with Crippen LogP contribution in [0.15, 0.2) is 23.0 Å². The average molecular weight is 533 g/mol. The smallest absolute Gasteiger partial charge is 0.407 e. The Labute approximate surface area is 222 Å². The summed E-state index contributed by atoms with van der Waals surface area (Å²) in [5.74, 6) is -0.740. The van der Waals surface area contributed by atoms with Crippen LogP contribution in [0.1, 0.15) is 64.5 Å². The van der Waals surface area contributed by atoms with E-state index in [2.05, 4.69) is 10.6 Å². The fourth-order valence-corrected chi connectivity index (χ4v) is 4.46. The molecule has 0 spiro atoms. The van der Waals surface area contributed by atoms with Crippen molar-refractivity contribution in [3.63, 3.8) is 0 Å². The Bertz CT molecular complexity index is 1180. The zero-order chi connectivity index (χ0) is 27.7. The van der Waals surface area contributed by atoms with Crippen molar-refractivity contribution in [2.24, 2.45) is 7.05 Å². The highest BCUT2D eigenvalue weighted by molar-refractivity contribution is 6.00. The van der Waals surface area contributed by atoms with Crippen LogP contribution in [-0.4, -0.2) is 65.6 Å². The third-order valence-electron chi connectivity index (χ3n) is 6.15. The highest BCUT2D eigenvalue weighted by atomic mass is 16.6. The van der Waals surface area contributed by atoms with Gasteiger partial charge in [-0.15, -0.1) is 0 Å². The number of nitrogens with one attached hydrogen (secondary N) is 2. The molecule has 210 valence electrons. The zero-order valence-electron chi connectivity index (χ0n) is 22.8. The molecule has 1 aromatic carbocycles. The number of nitrogens with zero attached hydrogens (tertiary/aromatic N) is 2. The van der Waals surface area contributed by atoms with Crippen LogP contribution >= 0.6 is 0 Å². The van der Waals surface area contributed by atoms with Gasteiger partial charge < -0.3 is 19.5 Å². The largest absolute Gasteiger partial charge is 0.444 e. The number of rotatable bonds is 13. The first kappa shape index (κ1) is 29.4. The number of carbonyl (C=O) groups is 3. The summed E-state index contributed by atoms with van der Waals surface area (Å²) in [5.41, 5.74) is 1.75. The molecule has 0 aliphatic carbocycles. The molecular formula is C27H40N4O7. The predicted octanol–water partition coefficient (Wildman–Crippen LogP) is 2.59. The van der Waals surface area contributed by atoms with E-state index >= 15 is 0 Å². The topological polar surface area (TPSA) is 130 Å². The number of amides is 3. The van der Waals surface area contributed by atoms with Crippen LogP contribution in [0.3, 0.4) is 0 Å². The summed E-state index contributed by atoms with van der Waals surface area (Å²) in [6.45, 7) is 8.28. The van der Waals surface area contributed by atoms with E-state index in [9.17, 15) is 19.2 Å². The molecular weight excluding hydrogens is 492 g/mol. The zero-order valence-corrected chi connectivity index (χ0v) is 22.8. The van der Waals surface area contributed by atoms with Gasteiger partial charge in [-0.25, -0.2) is 9.59 Å². The fourth-order valence-electron chi connectivity index (χ4n) is 4.46. The van der Waals surface area contributed by atoms with Crippen molar-refractivity contribution in [1.29, 1.82) is 0 Å². The monoisotopic (exact) mass is 532 g/mol. The molecule has 3 amide bonds. The fraction of sp³-hybridized carbons (Fsp3) is 0.630. The average Bonchev–Trinajstić information content (AvgIpc) is 3.09. The summed E-state index contributed by atoms with van der Waals surface area (Å²) >= 11 is 0. The number of imide groups is 1. The van der Waals surface area contributed by atoms with Crippen LogP contribution in [-0.2, 0) is 37.3 Å². The molecule has 1 aliphatic heterocycles. The first-order valence-corrected chi connectivity index (χ1v) is 13.2. The van der Waals surface area contributed by atoms with Gasteiger partial charge in [0.15, 0.2) is 0 Å². The van der Waals surface area contributed by atoms with Crippen LogP contribution in [0.2, 0.25) is 0 Å². The molecule has 0 radical (unpaired) electrons. The van der Waals surface area contributed by atoms with E-state index < -0.39 is 23.6 Å². The van der Waals surface area contributed by atoms with E-state index in [1.54, 1.807) is 11.6 Å². The SMILES string of the molecule is Cn1c(=O)n(C2CCC(=O)NC2=O)c2cccc(CCCOCCCOCCCNC(=O)OC(C)(C)C)c21. The van der Waals surface area contributed by atoms with Gasteiger partial charge in [-0.2, -0.15) is 0 Å². The predicted molar refractivity (Wildman–Crippen MR) is 142 cm³/mol. The quantitative estimate of drug-likeness (QED) is 0.300. The summed E-state index contributed by atoms with van der Waals surface area (Å²) in [5, 5.41) is 5.04. The van der Waals surface area contributed by atoms with Gasteiger partial charge in [0, 0.05) is 46.4 Å². The molecule has 0 saturated carbocycles. The lowest BCUT2D eigenvalue weighted by Crippen LogP contribution is -2.44. The number of benzene rings is 1. The Morgan fingerprint density at radius 3 is 2.42 bits per heavy atom. The Balaban J connectivity index is 1.36. The minimum atomic E-state index is -0.689. The van der Waals surface area contributed by atoms with Gasteiger partial charge >= 0.3 is 11.8 Å². The maximum Gasteiger partial charge on any atom is 0.407 e. The highest BCUT2D eigenvalue weighted by Gasteiger charge is 2.31. The lowest BCUT2D eigenvalue weighted by Gasteiger charge is -2.21. The van der Waals surface area contributed by atoms with E-state index in [4.69, 9.17) is 14.2 Å². The number of para-hydroxylation sites is 1. The number of piperidine rings is 1. The Hall–Kier alpha value is -3.18. The first-order chi connectivity index (χ1) is 18.1. The number of ether oxygens (including phenoxy) is 3. The molecule has 11 heteroatoms. The van der Waals surface area contributed by atoms with E-state index in [0.29, 0.717) is 51.3 Å². The third kappa shape index (κ3) is 8.16. The molecule has 1 atom stereocenters. The van der Waals surface area contributed by atoms with Crippen LogP contribution in [0.5, 0.6) is 0 Å². The standard InChI is InChI=1S/C27H40N4O7/c1-27(2,3)38-25(34)28-14-7-16-37-18-8-17-36-15-6-10-19-9-5-11-20-23(19)30(4)26(35)31(20)21-12-13-22(32)29-24(21)33/h5,9,11,21H,6-8,10,12-18H2,1-4H3,(H,28,34)(H,29,32,33). The van der Waals surface area contributed by atoms with Crippen LogP contribution in [0.4, 0.5) is 4.79 Å². The first-order valence-electron chi connectivity index (χ1n) is 13.2. The van der Waals surface area contributed by atoms with Crippen molar-refractivity contribution >= 4 is 28.9 Å². The summed E-state index contributed by atoms with van der Waals surface area (Å²) in [6, 6.07) is 5.03. The van der Waals surface area contributed by atoms with Crippen molar-refractivity contribution in [1.82, 2.24) is 19.8 Å². The van der Waals surface area contributed by atoms with E-state index in [0.717, 1.165) is 30.3 Å². The molecule has 1 unspecified atom stereocenters. The van der Waals surface area contributed by atoms with E-state index in [-0.39, 0.29) is 18.0 Å². The summed E-state index contributed by atoms with van der Waals surface area (Å²) < 4.78 is 19.6. The Morgan fingerprint density at radius 1 is 1.05 bits per heavy atom. The van der Waals surface area contributed by atoms with Gasteiger partial charge in [-0.3, -0.25) is 24.0 Å². The van der Waals surface area contributed by atoms with Gasteiger partial charge in [0.05, 0.1) is 11.0 Å². The second kappa shape index (κ2) is 13.6. The minimum absolute atomic E-state index is 0.215. The highest BCUT2D eigenvalue weighted by Crippen LogP contribution is 2.25. The van der Waals surface area contributed by atoms with Gasteiger partial charge in [-0.1, -0.05) is 12.1 Å². The molecule has 2 N–H and O–H groups in total. The molecule has 1 saturated heterocycles. The van der Waals surface area contributed by atoms with Crippen molar-refractivity contribution in [2.45, 2.75) is 70.9 Å². The summed E-state index contributed by atoms with van der Waals surface area (Å²) in [6.07, 6.45) is 3.11. The van der Waals surface area contributed by atoms with Crippen molar-refractivity contribution in [3.8, 4) is 0 Å². The normalized spacial score (nSPS) is 16.1. The van der Waals surface area contributed by atoms with E-state index in [1.807, 2.05) is 39.0 Å². The number of alkyl carbamates (subject to hydrolysis) is 1. The van der Waals surface area contributed by atoms with Crippen LogP contribution < -0.4 is 16.3 Å². The van der Waals surface area contributed by atoms with Gasteiger partial charge in [0.1, 0.15) is 11.6 Å². The molecule has 3 rings (SSSR count). The maximum absolute atomic E-state index is 13.0. The number of aryl methyl sites for hydroxylation is 2. The number of fused-ring (bicyclic) bond motifs is 1. The van der Waals surface area contributed by atoms with Gasteiger partial charge in [-0.05, 0) is 64.5 Å². The van der Waals surface area contributed by atoms with Gasteiger partial charge in [0.25, 0.3) is 0 Å². The van der Waals surface area contributed by atoms with Crippen LogP contribution in [0.25, 0.3) is 11.0 Å². The van der Waals surface area contributed by atoms with Gasteiger partial charge in [0.2, 0.25) is 11.8 Å². The number of hydrogen-bond donors (Lipinski definition) is 2. The summed E-state index contributed by atoms with van der Waals surface area (Å²) in [4.78, 5) is 48.5. The number of carbonyl (C=O) groups excluding carboxylic acids is 3. The molecule has 1 aliphatic rings. The second-order valence-electron chi connectivity index (χ2n) is 10.4. The van der Waals surface area contributed by atoms with E-state index in [1.165, 1.54) is 4.57 Å². The maximum atomic E-state index is 13.0. The van der Waals surface area contributed by atoms with Crippen molar-refractivity contribution in [2.75, 3.05) is 33.0 Å². The molecule has 0 bridgehead atoms. The number of hydrogen-bond acceptors (Lipinski definition) is 7. The molecule has 1 fully saturated rings. The van der Waals surface area contributed by atoms with Crippen molar-refractivity contribution in [3.05, 3.63) is 34.2 Å². The minimum Gasteiger partial charge on any atom is -0.444 e. The molecule has 2 heterocycles. The Morgan fingerprint density at radius 2 is 1.74 bits per heavy atom. The lowest BCUT2D eigenvalue weighted by atomic mass is 10.0. The van der Waals surface area contributed by atoms with Crippen molar-refractivity contribution < 1.29 is 28.6 Å². The lowest BCUT2D eigenvalue weighted by molar-refractivity contribution is -0.135. The second-order valence-corrected chi connectivity index (χ2v) is 10.4. The Kier molecular flexibility index (Phi) is 10.5. The molecule has 38 heavy (non-hydrogen) atoms.